The van der Waals surface area contributed by atoms with Gasteiger partial charge in [-0.25, -0.2) is 19.2 Å². The third-order valence-corrected chi connectivity index (χ3v) is 7.11. The molecule has 0 unspecified atom stereocenters. The predicted octanol–water partition coefficient (Wildman–Crippen LogP) is 6.23. The van der Waals surface area contributed by atoms with Crippen molar-refractivity contribution < 1.29 is 9.47 Å². The maximum Gasteiger partial charge on any atom is 0.230 e. The van der Waals surface area contributed by atoms with Crippen LogP contribution in [0.2, 0.25) is 5.02 Å². The highest BCUT2D eigenvalue weighted by Gasteiger charge is 2.38. The van der Waals surface area contributed by atoms with Crippen LogP contribution in [0, 0.1) is 6.92 Å². The van der Waals surface area contributed by atoms with Crippen LogP contribution in [0.4, 0.5) is 0 Å². The van der Waals surface area contributed by atoms with Gasteiger partial charge in [-0.1, -0.05) is 54.1 Å². The summed E-state index contributed by atoms with van der Waals surface area (Å²) in [7, 11) is 1.66. The fraction of sp³-hybridized carbons (Fsp3) is 0.103. The molecule has 0 bridgehead atoms. The van der Waals surface area contributed by atoms with E-state index in [4.69, 9.17) is 36.3 Å². The summed E-state index contributed by atoms with van der Waals surface area (Å²) in [5.74, 6) is 2.13. The minimum absolute atomic E-state index is 0.253. The summed E-state index contributed by atoms with van der Waals surface area (Å²) in [6.45, 7) is 2.00. The quantitative estimate of drug-likeness (QED) is 0.273. The van der Waals surface area contributed by atoms with Crippen molar-refractivity contribution in [3.05, 3.63) is 113 Å². The van der Waals surface area contributed by atoms with Crippen molar-refractivity contribution in [2.75, 3.05) is 7.11 Å². The summed E-state index contributed by atoms with van der Waals surface area (Å²) >= 11 is 6.48. The zero-order valence-corrected chi connectivity index (χ0v) is 21.3. The molecule has 1 aliphatic heterocycles. The number of para-hydroxylation sites is 1. The predicted molar refractivity (Wildman–Crippen MR) is 144 cm³/mol. The maximum atomic E-state index is 6.48. The molecule has 3 aromatic heterocycles. The minimum atomic E-state index is -0.253. The third kappa shape index (κ3) is 3.45. The Bertz CT molecular complexity index is 1810. The number of benzene rings is 3. The van der Waals surface area contributed by atoms with Gasteiger partial charge >= 0.3 is 0 Å². The number of methoxy groups -OCH3 is 1. The minimum Gasteiger partial charge on any atom is -0.497 e. The van der Waals surface area contributed by atoms with E-state index in [1.807, 2.05) is 78.3 Å². The summed E-state index contributed by atoms with van der Waals surface area (Å²) in [4.78, 5) is 9.60. The monoisotopic (exact) mass is 520 g/mol. The molecule has 3 aromatic carbocycles. The first-order valence-electron chi connectivity index (χ1n) is 12.1. The zero-order chi connectivity index (χ0) is 25.8. The summed E-state index contributed by atoms with van der Waals surface area (Å²) in [6, 6.07) is 25.5. The Balaban J connectivity index is 1.49. The van der Waals surface area contributed by atoms with Crippen LogP contribution >= 0.6 is 11.6 Å². The molecule has 6 aromatic rings. The number of fused-ring (bicyclic) bond motifs is 4. The number of hydrogen-bond acceptors (Lipinski definition) is 6. The van der Waals surface area contributed by atoms with Gasteiger partial charge in [-0.05, 0) is 48.9 Å². The number of ether oxygens (including phenoxy) is 2. The largest absolute Gasteiger partial charge is 0.497 e. The molecule has 0 spiro atoms. The standard InChI is InChI=1S/C29H21ClN6O2/c1-17-23-24(18-12-14-20(37-2)15-13-18)25-27-32-26(21-10-6-7-11-22(21)30)34-35(27)16-31-28(25)38-29(23)36(33-17)19-8-4-3-5-9-19/h3-16,24H,1-2H3/t24-/m1/s1. The lowest BCUT2D eigenvalue weighted by atomic mass is 9.84. The normalized spacial score (nSPS) is 14.1. The van der Waals surface area contributed by atoms with Crippen molar-refractivity contribution in [2.45, 2.75) is 12.8 Å². The highest BCUT2D eigenvalue weighted by atomic mass is 35.5. The summed E-state index contributed by atoms with van der Waals surface area (Å²) in [5.41, 5.74) is 5.93. The highest BCUT2D eigenvalue weighted by Crippen LogP contribution is 2.50. The van der Waals surface area contributed by atoms with Gasteiger partial charge < -0.3 is 9.47 Å². The van der Waals surface area contributed by atoms with Crippen molar-refractivity contribution in [3.63, 3.8) is 0 Å². The van der Waals surface area contributed by atoms with Gasteiger partial charge in [0.05, 0.1) is 40.6 Å². The van der Waals surface area contributed by atoms with Gasteiger partial charge in [-0.2, -0.15) is 5.10 Å². The average molecular weight is 521 g/mol. The second-order valence-electron chi connectivity index (χ2n) is 9.01. The van der Waals surface area contributed by atoms with E-state index in [0.29, 0.717) is 28.3 Å². The van der Waals surface area contributed by atoms with E-state index in [2.05, 4.69) is 17.1 Å². The smallest absolute Gasteiger partial charge is 0.230 e. The number of aryl methyl sites for hydroxylation is 1. The number of hydrogen-bond donors (Lipinski definition) is 0. The summed E-state index contributed by atoms with van der Waals surface area (Å²) in [5, 5.41) is 10.2. The van der Waals surface area contributed by atoms with Crippen LogP contribution in [0.5, 0.6) is 17.5 Å². The SMILES string of the molecule is COc1ccc([C@@H]2c3c(C)nn(-c4ccccc4)c3Oc3ncn4nc(-c5ccccc5Cl)nc4c32)cc1. The molecule has 1 aliphatic rings. The summed E-state index contributed by atoms with van der Waals surface area (Å²) in [6.07, 6.45) is 1.62. The van der Waals surface area contributed by atoms with Crippen molar-refractivity contribution in [2.24, 2.45) is 0 Å². The van der Waals surface area contributed by atoms with Crippen LogP contribution in [0.3, 0.4) is 0 Å². The first kappa shape index (κ1) is 22.5. The van der Waals surface area contributed by atoms with Gasteiger partial charge in [0.25, 0.3) is 0 Å². The molecular weight excluding hydrogens is 500 g/mol. The molecule has 0 N–H and O–H groups in total. The van der Waals surface area contributed by atoms with Crippen LogP contribution < -0.4 is 9.47 Å². The van der Waals surface area contributed by atoms with Crippen LogP contribution in [0.25, 0.3) is 22.7 Å². The van der Waals surface area contributed by atoms with Crippen molar-refractivity contribution in [1.82, 2.24) is 29.4 Å². The number of rotatable bonds is 4. The Hall–Kier alpha value is -4.69. The van der Waals surface area contributed by atoms with Gasteiger partial charge in [-0.3, -0.25) is 0 Å². The maximum absolute atomic E-state index is 6.48. The first-order valence-corrected chi connectivity index (χ1v) is 12.5. The molecule has 9 heteroatoms. The second-order valence-corrected chi connectivity index (χ2v) is 9.41. The second kappa shape index (κ2) is 8.71. The molecule has 0 saturated carbocycles. The van der Waals surface area contributed by atoms with Crippen molar-refractivity contribution in [1.29, 1.82) is 0 Å². The molecule has 38 heavy (non-hydrogen) atoms. The molecule has 7 rings (SSSR count). The number of halogens is 1. The molecule has 186 valence electrons. The Kier molecular flexibility index (Phi) is 5.16. The van der Waals surface area contributed by atoms with E-state index in [0.717, 1.165) is 39.4 Å². The van der Waals surface area contributed by atoms with Crippen LogP contribution in [-0.2, 0) is 0 Å². The molecule has 0 saturated heterocycles. The topological polar surface area (TPSA) is 79.4 Å². The van der Waals surface area contributed by atoms with E-state index in [1.54, 1.807) is 18.0 Å². The van der Waals surface area contributed by atoms with Gasteiger partial charge in [-0.15, -0.1) is 5.10 Å². The molecular formula is C29H21ClN6O2. The Morgan fingerprint density at radius 2 is 1.66 bits per heavy atom. The fourth-order valence-electron chi connectivity index (χ4n) is 5.01. The lowest BCUT2D eigenvalue weighted by molar-refractivity contribution is 0.402. The van der Waals surface area contributed by atoms with E-state index < -0.39 is 0 Å². The Morgan fingerprint density at radius 3 is 2.42 bits per heavy atom. The number of aromatic nitrogens is 6. The Morgan fingerprint density at radius 1 is 0.895 bits per heavy atom. The van der Waals surface area contributed by atoms with Gasteiger partial charge in [0.2, 0.25) is 11.8 Å². The van der Waals surface area contributed by atoms with Crippen LogP contribution in [0.15, 0.2) is 85.2 Å². The summed E-state index contributed by atoms with van der Waals surface area (Å²) < 4.78 is 15.4. The van der Waals surface area contributed by atoms with Gasteiger partial charge in [0, 0.05) is 5.56 Å². The van der Waals surface area contributed by atoms with Crippen molar-refractivity contribution >= 4 is 17.2 Å². The van der Waals surface area contributed by atoms with E-state index >= 15 is 0 Å². The number of nitrogens with zero attached hydrogens (tertiary/aromatic N) is 6. The van der Waals surface area contributed by atoms with E-state index in [-0.39, 0.29) is 5.92 Å². The average Bonchev–Trinajstić information content (AvgIpc) is 3.54. The van der Waals surface area contributed by atoms with Gasteiger partial charge in [0.1, 0.15) is 12.1 Å². The zero-order valence-electron chi connectivity index (χ0n) is 20.5. The molecule has 4 heterocycles. The molecule has 1 atom stereocenters. The highest BCUT2D eigenvalue weighted by molar-refractivity contribution is 6.33. The van der Waals surface area contributed by atoms with Crippen LogP contribution in [0.1, 0.15) is 28.3 Å². The lowest BCUT2D eigenvalue weighted by Crippen LogP contribution is -2.16. The molecule has 0 amide bonds. The molecule has 0 fully saturated rings. The molecule has 8 nitrogen and oxygen atoms in total. The lowest BCUT2D eigenvalue weighted by Gasteiger charge is -2.26. The first-order chi connectivity index (χ1) is 18.6. The van der Waals surface area contributed by atoms with Crippen LogP contribution in [-0.4, -0.2) is 36.5 Å². The van der Waals surface area contributed by atoms with Crippen molar-refractivity contribution in [3.8, 4) is 34.6 Å². The molecule has 0 aliphatic carbocycles. The van der Waals surface area contributed by atoms with Gasteiger partial charge in [0.15, 0.2) is 11.5 Å². The van der Waals surface area contributed by atoms with E-state index in [9.17, 15) is 0 Å². The fourth-order valence-corrected chi connectivity index (χ4v) is 5.23. The third-order valence-electron chi connectivity index (χ3n) is 6.78. The van der Waals surface area contributed by atoms with E-state index in [1.165, 1.54) is 0 Å². The Labute approximate surface area is 223 Å². The molecule has 0 radical (unpaired) electrons.